The summed E-state index contributed by atoms with van der Waals surface area (Å²) in [5.41, 5.74) is 1.33. The number of aromatic nitrogens is 1. The first-order valence-electron chi connectivity index (χ1n) is 10.8. The Morgan fingerprint density at radius 2 is 2.00 bits per heavy atom. The molecule has 34 heavy (non-hydrogen) atoms. The quantitative estimate of drug-likeness (QED) is 0.393. The number of benzene rings is 1. The van der Waals surface area contributed by atoms with Gasteiger partial charge in [-0.25, -0.2) is 10.8 Å². The first kappa shape index (κ1) is 23.9. The van der Waals surface area contributed by atoms with Crippen LogP contribution in [0.25, 0.3) is 11.1 Å². The monoisotopic (exact) mass is 474 g/mol. The van der Waals surface area contributed by atoms with Gasteiger partial charge in [0.25, 0.3) is 5.91 Å². The van der Waals surface area contributed by atoms with Crippen LogP contribution in [0.4, 0.5) is 19.0 Å². The van der Waals surface area contributed by atoms with E-state index < -0.39 is 23.7 Å². The number of hydrazine groups is 1. The van der Waals surface area contributed by atoms with E-state index in [9.17, 15) is 23.1 Å². The van der Waals surface area contributed by atoms with Crippen LogP contribution in [0.5, 0.6) is 0 Å². The second-order valence-electron chi connectivity index (χ2n) is 8.07. The lowest BCUT2D eigenvalue weighted by atomic mass is 9.97. The molecule has 4 rings (SSSR count). The fourth-order valence-corrected chi connectivity index (χ4v) is 4.02. The molecule has 2 aliphatic rings. The molecular weight excluding hydrogens is 449 g/mol. The van der Waals surface area contributed by atoms with Gasteiger partial charge in [0.05, 0.1) is 31.4 Å². The highest BCUT2D eigenvalue weighted by molar-refractivity contribution is 5.96. The molecule has 2 aromatic rings. The summed E-state index contributed by atoms with van der Waals surface area (Å²) in [6.45, 7) is 2.35. The number of aliphatic hydroxyl groups excluding tert-OH is 1. The molecule has 1 aromatic heterocycles. The van der Waals surface area contributed by atoms with Crippen molar-refractivity contribution in [1.29, 1.82) is 0 Å². The number of carbonyl (C=O) groups is 1. The molecule has 1 aliphatic carbocycles. The number of allylic oxidation sites excluding steroid dienone is 2. The van der Waals surface area contributed by atoms with Crippen molar-refractivity contribution in [3.05, 3.63) is 71.5 Å². The van der Waals surface area contributed by atoms with Gasteiger partial charge < -0.3 is 14.7 Å². The molecule has 1 amide bonds. The Labute approximate surface area is 194 Å². The van der Waals surface area contributed by atoms with Crippen LogP contribution in [0.3, 0.4) is 0 Å². The van der Waals surface area contributed by atoms with Crippen LogP contribution >= 0.6 is 0 Å². The van der Waals surface area contributed by atoms with E-state index in [0.29, 0.717) is 37.4 Å². The lowest BCUT2D eigenvalue weighted by Gasteiger charge is -2.28. The number of pyridine rings is 1. The standard InChI is InChI=1S/C24H25F3N4O3/c25-24(26,27)19-2-1-3-20(14-19)31(28)23(33)17-4-5-18(15-32)21(12-17)16-6-7-29-22(13-16)30-8-10-34-11-9-30/h1-2,4-7,12-14,20,32H,3,8-11,15,28H2. The molecule has 1 saturated heterocycles. The van der Waals surface area contributed by atoms with Crippen molar-refractivity contribution in [3.8, 4) is 11.1 Å². The maximum Gasteiger partial charge on any atom is 0.416 e. The second kappa shape index (κ2) is 9.96. The topological polar surface area (TPSA) is 91.9 Å². The highest BCUT2D eigenvalue weighted by Gasteiger charge is 2.35. The number of morpholine rings is 1. The van der Waals surface area contributed by atoms with E-state index >= 15 is 0 Å². The van der Waals surface area contributed by atoms with E-state index in [0.717, 1.165) is 28.5 Å². The van der Waals surface area contributed by atoms with Crippen LogP contribution in [0.15, 0.2) is 60.3 Å². The number of ether oxygens (including phenoxy) is 1. The number of rotatable bonds is 5. The number of halogens is 3. The molecule has 3 N–H and O–H groups in total. The number of alkyl halides is 3. The number of anilines is 1. The zero-order valence-corrected chi connectivity index (χ0v) is 18.3. The maximum atomic E-state index is 13.1. The van der Waals surface area contributed by atoms with Crippen LogP contribution in [0.2, 0.25) is 0 Å². The van der Waals surface area contributed by atoms with Gasteiger partial charge in [0.2, 0.25) is 0 Å². The minimum atomic E-state index is -4.52. The summed E-state index contributed by atoms with van der Waals surface area (Å²) in [6, 6.07) is 7.44. The zero-order chi connectivity index (χ0) is 24.3. The number of hydrogen-bond acceptors (Lipinski definition) is 6. The third-order valence-electron chi connectivity index (χ3n) is 5.88. The molecule has 10 heteroatoms. The maximum absolute atomic E-state index is 13.1. The summed E-state index contributed by atoms with van der Waals surface area (Å²) in [4.78, 5) is 19.6. The van der Waals surface area contributed by atoms with Crippen molar-refractivity contribution in [3.63, 3.8) is 0 Å². The Bertz CT molecular complexity index is 1110. The molecule has 1 aromatic carbocycles. The highest BCUT2D eigenvalue weighted by Crippen LogP contribution is 2.31. The normalized spacial score (nSPS) is 18.6. The van der Waals surface area contributed by atoms with E-state index in [4.69, 9.17) is 10.6 Å². The van der Waals surface area contributed by atoms with E-state index in [1.54, 1.807) is 24.4 Å². The van der Waals surface area contributed by atoms with Gasteiger partial charge in [-0.05, 0) is 53.5 Å². The molecule has 0 radical (unpaired) electrons. The molecule has 0 saturated carbocycles. The lowest BCUT2D eigenvalue weighted by Crippen LogP contribution is -2.45. The van der Waals surface area contributed by atoms with Crippen LogP contribution in [-0.4, -0.2) is 59.5 Å². The average Bonchev–Trinajstić information content (AvgIpc) is 2.87. The van der Waals surface area contributed by atoms with E-state index in [1.807, 2.05) is 6.07 Å². The first-order valence-corrected chi connectivity index (χ1v) is 10.8. The summed E-state index contributed by atoms with van der Waals surface area (Å²) in [5.74, 6) is 6.10. The van der Waals surface area contributed by atoms with Crippen molar-refractivity contribution in [2.75, 3.05) is 31.2 Å². The molecule has 1 unspecified atom stereocenters. The Kier molecular flexibility index (Phi) is 7.01. The van der Waals surface area contributed by atoms with Gasteiger partial charge in [-0.3, -0.25) is 9.80 Å². The minimum Gasteiger partial charge on any atom is -0.392 e. The first-order chi connectivity index (χ1) is 16.3. The van der Waals surface area contributed by atoms with Crippen molar-refractivity contribution in [2.45, 2.75) is 25.2 Å². The van der Waals surface area contributed by atoms with Crippen LogP contribution < -0.4 is 10.7 Å². The van der Waals surface area contributed by atoms with Gasteiger partial charge in [0, 0.05) is 24.8 Å². The van der Waals surface area contributed by atoms with Gasteiger partial charge in [-0.15, -0.1) is 0 Å². The number of carbonyl (C=O) groups excluding carboxylic acids is 1. The summed E-state index contributed by atoms with van der Waals surface area (Å²) >= 11 is 0. The number of hydrogen-bond donors (Lipinski definition) is 2. The van der Waals surface area contributed by atoms with E-state index in [-0.39, 0.29) is 18.6 Å². The average molecular weight is 474 g/mol. The molecule has 1 aliphatic heterocycles. The summed E-state index contributed by atoms with van der Waals surface area (Å²) < 4.78 is 44.7. The van der Waals surface area contributed by atoms with E-state index in [1.165, 1.54) is 12.1 Å². The molecule has 1 atom stereocenters. The van der Waals surface area contributed by atoms with E-state index in [2.05, 4.69) is 9.88 Å². The molecule has 1 fully saturated rings. The minimum absolute atomic E-state index is 0.177. The summed E-state index contributed by atoms with van der Waals surface area (Å²) in [7, 11) is 0. The predicted octanol–water partition coefficient (Wildman–Crippen LogP) is 3.21. The Morgan fingerprint density at radius 1 is 1.24 bits per heavy atom. The van der Waals surface area contributed by atoms with Crippen molar-refractivity contribution in [1.82, 2.24) is 9.99 Å². The second-order valence-corrected chi connectivity index (χ2v) is 8.07. The molecule has 0 spiro atoms. The van der Waals surface area contributed by atoms with Crippen LogP contribution in [0, 0.1) is 0 Å². The number of amides is 1. The Hall–Kier alpha value is -3.21. The molecular formula is C24H25F3N4O3. The summed E-state index contributed by atoms with van der Waals surface area (Å²) in [6.07, 6.45) is 0.607. The van der Waals surface area contributed by atoms with Crippen LogP contribution in [-0.2, 0) is 11.3 Å². The Morgan fingerprint density at radius 3 is 2.71 bits per heavy atom. The fraction of sp³-hybridized carbons (Fsp3) is 0.333. The van der Waals surface area contributed by atoms with Crippen molar-refractivity contribution < 1.29 is 27.8 Å². The third-order valence-corrected chi connectivity index (χ3v) is 5.88. The van der Waals surface area contributed by atoms with Crippen molar-refractivity contribution in [2.24, 2.45) is 5.84 Å². The van der Waals surface area contributed by atoms with Crippen LogP contribution in [0.1, 0.15) is 22.3 Å². The van der Waals surface area contributed by atoms with Crippen molar-refractivity contribution >= 4 is 11.7 Å². The SMILES string of the molecule is NN(C(=O)c1ccc(CO)c(-c2ccnc(N3CCOCC3)c2)c1)C1C=C(C(F)(F)F)C=CC1. The lowest BCUT2D eigenvalue weighted by molar-refractivity contribution is -0.0890. The smallest absolute Gasteiger partial charge is 0.392 e. The molecule has 2 heterocycles. The fourth-order valence-electron chi connectivity index (χ4n) is 4.02. The van der Waals surface area contributed by atoms with Gasteiger partial charge in [0.1, 0.15) is 5.82 Å². The summed E-state index contributed by atoms with van der Waals surface area (Å²) in [5, 5.41) is 10.7. The number of nitrogens with zero attached hydrogens (tertiary/aromatic N) is 3. The molecule has 0 bridgehead atoms. The zero-order valence-electron chi connectivity index (χ0n) is 18.3. The molecule has 180 valence electrons. The molecule has 7 nitrogen and oxygen atoms in total. The highest BCUT2D eigenvalue weighted by atomic mass is 19.4. The third kappa shape index (κ3) is 5.14. The Balaban J connectivity index is 1.62. The van der Waals surface area contributed by atoms with Gasteiger partial charge in [-0.2, -0.15) is 13.2 Å². The van der Waals surface area contributed by atoms with Gasteiger partial charge in [-0.1, -0.05) is 18.2 Å². The number of aliphatic hydroxyl groups is 1. The van der Waals surface area contributed by atoms with Gasteiger partial charge >= 0.3 is 6.18 Å². The predicted molar refractivity (Wildman–Crippen MR) is 121 cm³/mol. The largest absolute Gasteiger partial charge is 0.416 e. The number of nitrogens with two attached hydrogens (primary N) is 1. The van der Waals surface area contributed by atoms with Gasteiger partial charge in [0.15, 0.2) is 0 Å².